The molecule has 0 aliphatic heterocycles. The molecule has 0 amide bonds. The second-order valence-electron chi connectivity index (χ2n) is 7.11. The summed E-state index contributed by atoms with van der Waals surface area (Å²) in [6.45, 7) is 11.3. The van der Waals surface area contributed by atoms with E-state index < -0.39 is 5.60 Å². The van der Waals surface area contributed by atoms with E-state index in [1.165, 1.54) is 17.5 Å². The van der Waals surface area contributed by atoms with Gasteiger partial charge in [0.1, 0.15) is 0 Å². The highest BCUT2D eigenvalue weighted by molar-refractivity contribution is 5.33. The normalized spacial score (nSPS) is 27.6. The molecular formula is C18H30N2O. The molecule has 0 aromatic carbocycles. The summed E-state index contributed by atoms with van der Waals surface area (Å²) in [4.78, 5) is 4.58. The fourth-order valence-corrected chi connectivity index (χ4v) is 3.93. The molecule has 3 atom stereocenters. The van der Waals surface area contributed by atoms with E-state index in [0.717, 1.165) is 30.7 Å². The summed E-state index contributed by atoms with van der Waals surface area (Å²) in [5.74, 6) is 0.630. The number of hydrogen-bond donors (Lipinski definition) is 2. The zero-order chi connectivity index (χ0) is 15.6. The van der Waals surface area contributed by atoms with Crippen molar-refractivity contribution in [3.05, 3.63) is 28.6 Å². The lowest BCUT2D eigenvalue weighted by molar-refractivity contribution is -0.0134. The Balaban J connectivity index is 2.03. The molecule has 0 saturated heterocycles. The molecule has 1 aliphatic rings. The standard InChI is InChI=1S/C18H30N2O/c1-12-7-6-8-18(21,10-12)11-19-15(4)17-13(2)9-14(3)20-16(17)5/h9,12,15,19,21H,6-8,10-11H2,1-5H3. The van der Waals surface area contributed by atoms with E-state index in [2.05, 4.69) is 44.1 Å². The molecule has 0 spiro atoms. The van der Waals surface area contributed by atoms with Crippen LogP contribution in [-0.4, -0.2) is 22.2 Å². The van der Waals surface area contributed by atoms with Crippen molar-refractivity contribution in [1.82, 2.24) is 10.3 Å². The van der Waals surface area contributed by atoms with Crippen LogP contribution >= 0.6 is 0 Å². The maximum atomic E-state index is 10.7. The summed E-state index contributed by atoms with van der Waals surface area (Å²) < 4.78 is 0. The number of hydrogen-bond acceptors (Lipinski definition) is 3. The average molecular weight is 290 g/mol. The number of pyridine rings is 1. The van der Waals surface area contributed by atoms with Crippen LogP contribution in [0.15, 0.2) is 6.07 Å². The van der Waals surface area contributed by atoms with Crippen molar-refractivity contribution in [2.24, 2.45) is 5.92 Å². The molecule has 2 N–H and O–H groups in total. The first-order valence-corrected chi connectivity index (χ1v) is 8.21. The molecule has 1 heterocycles. The summed E-state index contributed by atoms with van der Waals surface area (Å²) in [6.07, 6.45) is 4.22. The van der Waals surface area contributed by atoms with Gasteiger partial charge in [-0.1, -0.05) is 19.8 Å². The molecule has 0 bridgehead atoms. The molecule has 1 aromatic rings. The van der Waals surface area contributed by atoms with Crippen LogP contribution in [0.25, 0.3) is 0 Å². The molecule has 2 rings (SSSR count). The van der Waals surface area contributed by atoms with Crippen molar-refractivity contribution in [3.8, 4) is 0 Å². The topological polar surface area (TPSA) is 45.1 Å². The highest BCUT2D eigenvalue weighted by Gasteiger charge is 2.32. The van der Waals surface area contributed by atoms with Gasteiger partial charge in [0, 0.05) is 24.0 Å². The maximum Gasteiger partial charge on any atom is 0.0774 e. The van der Waals surface area contributed by atoms with E-state index in [1.54, 1.807) is 0 Å². The first kappa shape index (κ1) is 16.4. The lowest BCUT2D eigenvalue weighted by Gasteiger charge is -2.36. The van der Waals surface area contributed by atoms with E-state index >= 15 is 0 Å². The molecule has 0 radical (unpaired) electrons. The number of nitrogens with zero attached hydrogens (tertiary/aromatic N) is 1. The Labute approximate surface area is 129 Å². The summed E-state index contributed by atoms with van der Waals surface area (Å²) in [5.41, 5.74) is 4.18. The molecule has 3 unspecified atom stereocenters. The van der Waals surface area contributed by atoms with E-state index in [4.69, 9.17) is 0 Å². The number of aromatic nitrogens is 1. The van der Waals surface area contributed by atoms with Crippen molar-refractivity contribution in [2.75, 3.05) is 6.54 Å². The minimum Gasteiger partial charge on any atom is -0.389 e. The Bertz CT molecular complexity index is 477. The van der Waals surface area contributed by atoms with E-state index in [1.807, 2.05) is 6.92 Å². The monoisotopic (exact) mass is 290 g/mol. The van der Waals surface area contributed by atoms with Gasteiger partial charge in [-0.3, -0.25) is 4.98 Å². The third-order valence-corrected chi connectivity index (χ3v) is 4.82. The van der Waals surface area contributed by atoms with Crippen LogP contribution in [0.2, 0.25) is 0 Å². The largest absolute Gasteiger partial charge is 0.389 e. The zero-order valence-electron chi connectivity index (χ0n) is 14.2. The van der Waals surface area contributed by atoms with Gasteiger partial charge in [-0.05, 0) is 63.6 Å². The Morgan fingerprint density at radius 1 is 1.43 bits per heavy atom. The quantitative estimate of drug-likeness (QED) is 0.890. The summed E-state index contributed by atoms with van der Waals surface area (Å²) in [5, 5.41) is 14.3. The second kappa shape index (κ2) is 6.45. The van der Waals surface area contributed by atoms with Gasteiger partial charge in [0.25, 0.3) is 0 Å². The van der Waals surface area contributed by atoms with Crippen molar-refractivity contribution >= 4 is 0 Å². The lowest BCUT2D eigenvalue weighted by Crippen LogP contribution is -2.44. The fourth-order valence-electron chi connectivity index (χ4n) is 3.93. The van der Waals surface area contributed by atoms with Gasteiger partial charge in [-0.2, -0.15) is 0 Å². The summed E-state index contributed by atoms with van der Waals surface area (Å²) in [6, 6.07) is 2.36. The Hall–Kier alpha value is -0.930. The number of nitrogens with one attached hydrogen (secondary N) is 1. The zero-order valence-corrected chi connectivity index (χ0v) is 14.2. The van der Waals surface area contributed by atoms with Gasteiger partial charge in [0.2, 0.25) is 0 Å². The number of aryl methyl sites for hydroxylation is 3. The van der Waals surface area contributed by atoms with Gasteiger partial charge < -0.3 is 10.4 Å². The smallest absolute Gasteiger partial charge is 0.0774 e. The van der Waals surface area contributed by atoms with E-state index in [0.29, 0.717) is 12.5 Å². The van der Waals surface area contributed by atoms with Gasteiger partial charge >= 0.3 is 0 Å². The third kappa shape index (κ3) is 4.04. The predicted molar refractivity (Wildman–Crippen MR) is 87.4 cm³/mol. The van der Waals surface area contributed by atoms with Crippen LogP contribution in [0.3, 0.4) is 0 Å². The van der Waals surface area contributed by atoms with E-state index in [9.17, 15) is 5.11 Å². The van der Waals surface area contributed by atoms with Crippen LogP contribution in [0.4, 0.5) is 0 Å². The average Bonchev–Trinajstić information content (AvgIpc) is 2.35. The Morgan fingerprint density at radius 3 is 2.76 bits per heavy atom. The van der Waals surface area contributed by atoms with Crippen LogP contribution < -0.4 is 5.32 Å². The maximum absolute atomic E-state index is 10.7. The molecule has 118 valence electrons. The number of aliphatic hydroxyl groups is 1. The summed E-state index contributed by atoms with van der Waals surface area (Å²) in [7, 11) is 0. The first-order chi connectivity index (χ1) is 9.81. The fraction of sp³-hybridized carbons (Fsp3) is 0.722. The number of rotatable bonds is 4. The molecule has 1 fully saturated rings. The van der Waals surface area contributed by atoms with Gasteiger partial charge in [-0.25, -0.2) is 0 Å². The Morgan fingerprint density at radius 2 is 2.14 bits per heavy atom. The molecular weight excluding hydrogens is 260 g/mol. The van der Waals surface area contributed by atoms with Crippen LogP contribution in [-0.2, 0) is 0 Å². The van der Waals surface area contributed by atoms with Crippen molar-refractivity contribution in [1.29, 1.82) is 0 Å². The van der Waals surface area contributed by atoms with E-state index in [-0.39, 0.29) is 6.04 Å². The summed E-state index contributed by atoms with van der Waals surface area (Å²) >= 11 is 0. The highest BCUT2D eigenvalue weighted by atomic mass is 16.3. The van der Waals surface area contributed by atoms with Crippen LogP contribution in [0.5, 0.6) is 0 Å². The lowest BCUT2D eigenvalue weighted by atomic mass is 9.79. The molecule has 3 nitrogen and oxygen atoms in total. The SMILES string of the molecule is Cc1cc(C)c(C(C)NCC2(O)CCCC(C)C2)c(C)n1. The van der Waals surface area contributed by atoms with Crippen molar-refractivity contribution in [3.63, 3.8) is 0 Å². The van der Waals surface area contributed by atoms with Crippen LogP contribution in [0.1, 0.15) is 68.1 Å². The molecule has 1 aromatic heterocycles. The predicted octanol–water partition coefficient (Wildman–Crippen LogP) is 3.60. The van der Waals surface area contributed by atoms with Gasteiger partial charge in [-0.15, -0.1) is 0 Å². The molecule has 21 heavy (non-hydrogen) atoms. The molecule has 3 heteroatoms. The van der Waals surface area contributed by atoms with Gasteiger partial charge in [0.05, 0.1) is 5.60 Å². The third-order valence-electron chi connectivity index (χ3n) is 4.82. The van der Waals surface area contributed by atoms with Gasteiger partial charge in [0.15, 0.2) is 0 Å². The first-order valence-electron chi connectivity index (χ1n) is 8.21. The minimum atomic E-state index is -0.536. The highest BCUT2D eigenvalue weighted by Crippen LogP contribution is 2.32. The van der Waals surface area contributed by atoms with Crippen molar-refractivity contribution < 1.29 is 5.11 Å². The molecule has 1 saturated carbocycles. The Kier molecular flexibility index (Phi) is 5.05. The molecule has 1 aliphatic carbocycles. The second-order valence-corrected chi connectivity index (χ2v) is 7.11. The van der Waals surface area contributed by atoms with Crippen molar-refractivity contribution in [2.45, 2.75) is 71.9 Å². The van der Waals surface area contributed by atoms with Crippen LogP contribution in [0, 0.1) is 26.7 Å². The minimum absolute atomic E-state index is 0.222.